The van der Waals surface area contributed by atoms with Crippen LogP contribution in [0.5, 0.6) is 0 Å². The number of carboxylic acid groups (broad SMARTS) is 1. The standard InChI is InChI=1S/C9H11N3O2/c13-8(14)4-7-9-6(11-5-12-7)2-1-3-10-9/h5,10H,1-4H2,(H,13,14). The zero-order valence-electron chi connectivity index (χ0n) is 7.66. The van der Waals surface area contributed by atoms with Gasteiger partial charge < -0.3 is 10.4 Å². The Labute approximate surface area is 81.2 Å². The second kappa shape index (κ2) is 3.61. The van der Waals surface area contributed by atoms with Crippen molar-refractivity contribution in [3.63, 3.8) is 0 Å². The molecule has 0 amide bonds. The van der Waals surface area contributed by atoms with E-state index in [4.69, 9.17) is 5.11 Å². The van der Waals surface area contributed by atoms with Gasteiger partial charge in [-0.3, -0.25) is 4.79 Å². The summed E-state index contributed by atoms with van der Waals surface area (Å²) in [4.78, 5) is 18.7. The van der Waals surface area contributed by atoms with Gasteiger partial charge in [0.1, 0.15) is 6.33 Å². The predicted octanol–water partition coefficient (Wildman–Crippen LogP) is 0.462. The van der Waals surface area contributed by atoms with Crippen LogP contribution in [0.25, 0.3) is 0 Å². The molecule has 0 atom stereocenters. The van der Waals surface area contributed by atoms with E-state index in [1.54, 1.807) is 0 Å². The number of fused-ring (bicyclic) bond motifs is 1. The summed E-state index contributed by atoms with van der Waals surface area (Å²) >= 11 is 0. The molecule has 74 valence electrons. The number of carbonyl (C=O) groups is 1. The third-order valence-electron chi connectivity index (χ3n) is 2.22. The van der Waals surface area contributed by atoms with Gasteiger partial charge in [0.25, 0.3) is 0 Å². The minimum atomic E-state index is -0.863. The molecule has 1 aromatic heterocycles. The molecule has 0 radical (unpaired) electrons. The van der Waals surface area contributed by atoms with Gasteiger partial charge in [-0.1, -0.05) is 0 Å². The number of rotatable bonds is 2. The van der Waals surface area contributed by atoms with E-state index in [9.17, 15) is 4.79 Å². The predicted molar refractivity (Wildman–Crippen MR) is 50.2 cm³/mol. The molecule has 0 fully saturated rings. The lowest BCUT2D eigenvalue weighted by atomic mass is 10.1. The number of hydrogen-bond donors (Lipinski definition) is 2. The number of aryl methyl sites for hydroxylation is 1. The van der Waals surface area contributed by atoms with Crippen LogP contribution in [0.1, 0.15) is 17.8 Å². The molecule has 0 saturated carbocycles. The number of nitrogens with zero attached hydrogens (tertiary/aromatic N) is 2. The first-order chi connectivity index (χ1) is 6.77. The molecular formula is C9H11N3O2. The van der Waals surface area contributed by atoms with Crippen LogP contribution < -0.4 is 5.32 Å². The molecule has 0 saturated heterocycles. The van der Waals surface area contributed by atoms with Crippen molar-refractivity contribution in [3.8, 4) is 0 Å². The smallest absolute Gasteiger partial charge is 0.309 e. The topological polar surface area (TPSA) is 75.1 Å². The molecular weight excluding hydrogens is 182 g/mol. The number of aliphatic carboxylic acids is 1. The van der Waals surface area contributed by atoms with Crippen molar-refractivity contribution in [3.05, 3.63) is 17.7 Å². The summed E-state index contributed by atoms with van der Waals surface area (Å²) in [6.07, 6.45) is 3.33. The van der Waals surface area contributed by atoms with Crippen LogP contribution in [0.2, 0.25) is 0 Å². The van der Waals surface area contributed by atoms with Crippen LogP contribution in [0.4, 0.5) is 5.69 Å². The Morgan fingerprint density at radius 1 is 1.57 bits per heavy atom. The molecule has 0 aromatic carbocycles. The van der Waals surface area contributed by atoms with Crippen LogP contribution in [-0.4, -0.2) is 27.6 Å². The molecule has 2 rings (SSSR count). The van der Waals surface area contributed by atoms with Crippen LogP contribution in [0.3, 0.4) is 0 Å². The highest BCUT2D eigenvalue weighted by atomic mass is 16.4. The van der Waals surface area contributed by atoms with E-state index < -0.39 is 5.97 Å². The Hall–Kier alpha value is -1.65. The summed E-state index contributed by atoms with van der Waals surface area (Å²) < 4.78 is 0. The van der Waals surface area contributed by atoms with Crippen molar-refractivity contribution >= 4 is 11.7 Å². The number of hydrogen-bond acceptors (Lipinski definition) is 4. The largest absolute Gasteiger partial charge is 0.481 e. The molecule has 0 aliphatic carbocycles. The Morgan fingerprint density at radius 2 is 2.43 bits per heavy atom. The van der Waals surface area contributed by atoms with Gasteiger partial charge in [0.15, 0.2) is 0 Å². The van der Waals surface area contributed by atoms with Gasteiger partial charge in [-0.15, -0.1) is 0 Å². The van der Waals surface area contributed by atoms with Gasteiger partial charge in [-0.2, -0.15) is 0 Å². The fourth-order valence-corrected chi connectivity index (χ4v) is 1.60. The van der Waals surface area contributed by atoms with Crippen LogP contribution in [0.15, 0.2) is 6.33 Å². The highest BCUT2D eigenvalue weighted by Gasteiger charge is 2.16. The Kier molecular flexibility index (Phi) is 2.30. The van der Waals surface area contributed by atoms with E-state index in [0.29, 0.717) is 5.69 Å². The Balaban J connectivity index is 2.35. The van der Waals surface area contributed by atoms with Gasteiger partial charge in [0.2, 0.25) is 0 Å². The van der Waals surface area contributed by atoms with E-state index in [1.165, 1.54) is 6.33 Å². The molecule has 0 spiro atoms. The molecule has 1 aromatic rings. The zero-order valence-corrected chi connectivity index (χ0v) is 7.66. The van der Waals surface area contributed by atoms with Gasteiger partial charge >= 0.3 is 5.97 Å². The summed E-state index contributed by atoms with van der Waals surface area (Å²) in [5.41, 5.74) is 2.34. The maximum atomic E-state index is 10.6. The monoisotopic (exact) mass is 193 g/mol. The fourth-order valence-electron chi connectivity index (χ4n) is 1.60. The van der Waals surface area contributed by atoms with Gasteiger partial charge in [0, 0.05) is 6.54 Å². The van der Waals surface area contributed by atoms with Crippen molar-refractivity contribution in [1.82, 2.24) is 9.97 Å². The highest BCUT2D eigenvalue weighted by Crippen LogP contribution is 2.22. The second-order valence-electron chi connectivity index (χ2n) is 3.24. The average Bonchev–Trinajstić information content (AvgIpc) is 2.18. The van der Waals surface area contributed by atoms with Crippen molar-refractivity contribution in [2.75, 3.05) is 11.9 Å². The first-order valence-corrected chi connectivity index (χ1v) is 4.56. The summed E-state index contributed by atoms with van der Waals surface area (Å²) in [5.74, 6) is -0.863. The first kappa shape index (κ1) is 8.93. The summed E-state index contributed by atoms with van der Waals surface area (Å²) in [6.45, 7) is 0.868. The number of anilines is 1. The third kappa shape index (κ3) is 1.66. The van der Waals surface area contributed by atoms with Gasteiger partial charge in [0.05, 0.1) is 23.5 Å². The van der Waals surface area contributed by atoms with Gasteiger partial charge in [-0.25, -0.2) is 9.97 Å². The van der Waals surface area contributed by atoms with E-state index in [-0.39, 0.29) is 6.42 Å². The zero-order chi connectivity index (χ0) is 9.97. The summed E-state index contributed by atoms with van der Waals surface area (Å²) in [6, 6.07) is 0. The van der Waals surface area contributed by atoms with Crippen molar-refractivity contribution in [2.24, 2.45) is 0 Å². The summed E-state index contributed by atoms with van der Waals surface area (Å²) in [5, 5.41) is 11.8. The van der Waals surface area contributed by atoms with E-state index >= 15 is 0 Å². The van der Waals surface area contributed by atoms with E-state index in [0.717, 1.165) is 30.8 Å². The molecule has 0 unspecified atom stereocenters. The molecule has 2 N–H and O–H groups in total. The minimum absolute atomic E-state index is 0.0438. The Morgan fingerprint density at radius 3 is 3.21 bits per heavy atom. The van der Waals surface area contributed by atoms with Gasteiger partial charge in [-0.05, 0) is 12.8 Å². The lowest BCUT2D eigenvalue weighted by Crippen LogP contribution is -2.17. The SMILES string of the molecule is O=C(O)Cc1ncnc2c1NCCC2. The maximum Gasteiger partial charge on any atom is 0.309 e. The molecule has 5 nitrogen and oxygen atoms in total. The lowest BCUT2D eigenvalue weighted by Gasteiger charge is -2.18. The highest BCUT2D eigenvalue weighted by molar-refractivity contribution is 5.72. The molecule has 1 aliphatic heterocycles. The lowest BCUT2D eigenvalue weighted by molar-refractivity contribution is -0.136. The molecule has 5 heteroatoms. The maximum absolute atomic E-state index is 10.6. The van der Waals surface area contributed by atoms with Crippen LogP contribution >= 0.6 is 0 Å². The van der Waals surface area contributed by atoms with Crippen molar-refractivity contribution in [1.29, 1.82) is 0 Å². The number of carboxylic acids is 1. The van der Waals surface area contributed by atoms with Crippen LogP contribution in [0, 0.1) is 0 Å². The summed E-state index contributed by atoms with van der Waals surface area (Å²) in [7, 11) is 0. The average molecular weight is 193 g/mol. The first-order valence-electron chi connectivity index (χ1n) is 4.56. The van der Waals surface area contributed by atoms with E-state index in [1.807, 2.05) is 0 Å². The van der Waals surface area contributed by atoms with Crippen molar-refractivity contribution < 1.29 is 9.90 Å². The minimum Gasteiger partial charge on any atom is -0.481 e. The number of nitrogens with one attached hydrogen (secondary N) is 1. The van der Waals surface area contributed by atoms with Crippen molar-refractivity contribution in [2.45, 2.75) is 19.3 Å². The molecule has 14 heavy (non-hydrogen) atoms. The van der Waals surface area contributed by atoms with E-state index in [2.05, 4.69) is 15.3 Å². The number of aromatic nitrogens is 2. The normalized spacial score (nSPS) is 14.3. The molecule has 1 aliphatic rings. The second-order valence-corrected chi connectivity index (χ2v) is 3.24. The quantitative estimate of drug-likeness (QED) is 0.713. The van der Waals surface area contributed by atoms with Crippen LogP contribution in [-0.2, 0) is 17.6 Å². The molecule has 2 heterocycles. The fraction of sp³-hybridized carbons (Fsp3) is 0.444. The molecule has 0 bridgehead atoms. The third-order valence-corrected chi connectivity index (χ3v) is 2.22. The Bertz CT molecular complexity index is 365.